The molecule has 0 aromatic carbocycles. The van der Waals surface area contributed by atoms with Gasteiger partial charge in [0.2, 0.25) is 0 Å². The second kappa shape index (κ2) is 6.92. The molecule has 3 atom stereocenters. The molecular formula is C16H19N5O2S. The van der Waals surface area contributed by atoms with Crippen molar-refractivity contribution in [2.75, 3.05) is 13.2 Å². The standard InChI is InChI=1S/C16H19N5O2S/c22-16(11-8-17-3-4-18-11)20-12-9-21(10-14-19-5-7-24-14)13-2-1-6-23-15(12)13/h3-5,7-8,12-13,15H,1-2,6,9-10H2,(H,20,22)/t12-,13-,15-/m1/s1. The van der Waals surface area contributed by atoms with Crippen LogP contribution in [0.25, 0.3) is 0 Å². The third kappa shape index (κ3) is 3.17. The van der Waals surface area contributed by atoms with Gasteiger partial charge in [0.1, 0.15) is 10.7 Å². The van der Waals surface area contributed by atoms with Crippen LogP contribution >= 0.6 is 11.3 Å². The van der Waals surface area contributed by atoms with E-state index in [1.165, 1.54) is 12.4 Å². The number of thiazole rings is 1. The maximum Gasteiger partial charge on any atom is 0.271 e. The van der Waals surface area contributed by atoms with Crippen LogP contribution in [-0.4, -0.2) is 57.1 Å². The Kier molecular flexibility index (Phi) is 4.50. The van der Waals surface area contributed by atoms with Crippen molar-refractivity contribution in [1.29, 1.82) is 0 Å². The van der Waals surface area contributed by atoms with Gasteiger partial charge >= 0.3 is 0 Å². The van der Waals surface area contributed by atoms with Crippen molar-refractivity contribution >= 4 is 17.2 Å². The number of rotatable bonds is 4. The summed E-state index contributed by atoms with van der Waals surface area (Å²) in [5.41, 5.74) is 0.336. The Bertz CT molecular complexity index is 681. The number of carbonyl (C=O) groups excluding carboxylic acids is 1. The maximum absolute atomic E-state index is 12.4. The largest absolute Gasteiger partial charge is 0.374 e. The number of fused-ring (bicyclic) bond motifs is 1. The number of hydrogen-bond acceptors (Lipinski definition) is 7. The Balaban J connectivity index is 1.47. The SMILES string of the molecule is O=C(N[C@@H]1CN(Cc2nccs2)[C@@H]2CCCO[C@@H]21)c1cnccn1. The summed E-state index contributed by atoms with van der Waals surface area (Å²) in [6, 6.07) is 0.291. The van der Waals surface area contributed by atoms with E-state index in [4.69, 9.17) is 4.74 Å². The molecule has 8 heteroatoms. The number of aromatic nitrogens is 3. The molecule has 0 spiro atoms. The molecule has 0 aliphatic carbocycles. The number of nitrogens with zero attached hydrogens (tertiary/aromatic N) is 4. The van der Waals surface area contributed by atoms with Gasteiger partial charge in [-0.3, -0.25) is 14.7 Å². The smallest absolute Gasteiger partial charge is 0.271 e. The van der Waals surface area contributed by atoms with Crippen molar-refractivity contribution < 1.29 is 9.53 Å². The Labute approximate surface area is 144 Å². The van der Waals surface area contributed by atoms with Crippen LogP contribution in [0.5, 0.6) is 0 Å². The number of amides is 1. The normalized spacial score (nSPS) is 26.9. The molecular weight excluding hydrogens is 326 g/mol. The van der Waals surface area contributed by atoms with Crippen molar-refractivity contribution in [2.24, 2.45) is 0 Å². The van der Waals surface area contributed by atoms with E-state index in [9.17, 15) is 4.79 Å². The molecule has 4 rings (SSSR count). The molecule has 0 unspecified atom stereocenters. The first-order valence-corrected chi connectivity index (χ1v) is 9.00. The van der Waals surface area contributed by atoms with Crippen LogP contribution in [0.15, 0.2) is 30.2 Å². The first-order chi connectivity index (χ1) is 11.8. The van der Waals surface area contributed by atoms with Gasteiger partial charge in [-0.15, -0.1) is 11.3 Å². The fourth-order valence-electron chi connectivity index (χ4n) is 3.53. The summed E-state index contributed by atoms with van der Waals surface area (Å²) in [6.07, 6.45) is 8.57. The summed E-state index contributed by atoms with van der Waals surface area (Å²) >= 11 is 1.66. The van der Waals surface area contributed by atoms with E-state index in [0.717, 1.165) is 37.5 Å². The van der Waals surface area contributed by atoms with Gasteiger partial charge in [-0.05, 0) is 12.8 Å². The molecule has 0 radical (unpaired) electrons. The number of ether oxygens (including phenoxy) is 1. The Morgan fingerprint density at radius 1 is 1.38 bits per heavy atom. The van der Waals surface area contributed by atoms with E-state index in [1.807, 2.05) is 11.6 Å². The van der Waals surface area contributed by atoms with E-state index in [1.54, 1.807) is 17.5 Å². The quantitative estimate of drug-likeness (QED) is 0.894. The van der Waals surface area contributed by atoms with Gasteiger partial charge in [-0.25, -0.2) is 9.97 Å². The van der Waals surface area contributed by atoms with Crippen LogP contribution < -0.4 is 5.32 Å². The van der Waals surface area contributed by atoms with Crippen LogP contribution in [0.4, 0.5) is 0 Å². The molecule has 2 fully saturated rings. The lowest BCUT2D eigenvalue weighted by atomic mass is 10.0. The Morgan fingerprint density at radius 3 is 3.12 bits per heavy atom. The molecule has 1 N–H and O–H groups in total. The highest BCUT2D eigenvalue weighted by Crippen LogP contribution is 2.30. The van der Waals surface area contributed by atoms with Crippen LogP contribution in [0.3, 0.4) is 0 Å². The molecule has 24 heavy (non-hydrogen) atoms. The molecule has 7 nitrogen and oxygen atoms in total. The molecule has 126 valence electrons. The minimum Gasteiger partial charge on any atom is -0.374 e. The predicted octanol–water partition coefficient (Wildman–Crippen LogP) is 1.09. The zero-order valence-corrected chi connectivity index (χ0v) is 14.0. The van der Waals surface area contributed by atoms with E-state index in [0.29, 0.717) is 11.7 Å². The molecule has 2 aromatic heterocycles. The van der Waals surface area contributed by atoms with E-state index >= 15 is 0 Å². The van der Waals surface area contributed by atoms with Crippen molar-refractivity contribution in [2.45, 2.75) is 37.6 Å². The Hall–Kier alpha value is -1.90. The van der Waals surface area contributed by atoms with Gasteiger partial charge in [0.15, 0.2) is 0 Å². The van der Waals surface area contributed by atoms with Crippen LogP contribution in [0, 0.1) is 0 Å². The lowest BCUT2D eigenvalue weighted by Crippen LogP contribution is -2.47. The van der Waals surface area contributed by atoms with Crippen LogP contribution in [0.1, 0.15) is 28.3 Å². The van der Waals surface area contributed by atoms with Gasteiger partial charge in [-0.2, -0.15) is 0 Å². The van der Waals surface area contributed by atoms with Crippen molar-refractivity contribution in [3.05, 3.63) is 40.9 Å². The fraction of sp³-hybridized carbons (Fsp3) is 0.500. The Morgan fingerprint density at radius 2 is 2.33 bits per heavy atom. The summed E-state index contributed by atoms with van der Waals surface area (Å²) in [6.45, 7) is 2.32. The second-order valence-electron chi connectivity index (χ2n) is 6.07. The van der Waals surface area contributed by atoms with Gasteiger partial charge in [-0.1, -0.05) is 0 Å². The average molecular weight is 345 g/mol. The van der Waals surface area contributed by atoms with E-state index in [-0.39, 0.29) is 18.1 Å². The summed E-state index contributed by atoms with van der Waals surface area (Å²) in [5.74, 6) is -0.197. The monoisotopic (exact) mass is 345 g/mol. The molecule has 2 aliphatic heterocycles. The lowest BCUT2D eigenvalue weighted by molar-refractivity contribution is -0.0211. The highest BCUT2D eigenvalue weighted by Gasteiger charge is 2.44. The molecule has 1 amide bonds. The topological polar surface area (TPSA) is 80.2 Å². The first-order valence-electron chi connectivity index (χ1n) is 8.12. The highest BCUT2D eigenvalue weighted by molar-refractivity contribution is 7.09. The number of nitrogens with one attached hydrogen (secondary N) is 1. The molecule has 2 aromatic rings. The van der Waals surface area contributed by atoms with Crippen LogP contribution in [-0.2, 0) is 11.3 Å². The summed E-state index contributed by atoms with van der Waals surface area (Å²) in [5, 5.41) is 6.17. The lowest BCUT2D eigenvalue weighted by Gasteiger charge is -2.32. The predicted molar refractivity (Wildman–Crippen MR) is 88.6 cm³/mol. The highest BCUT2D eigenvalue weighted by atomic mass is 32.1. The number of carbonyl (C=O) groups is 1. The molecule has 0 saturated carbocycles. The van der Waals surface area contributed by atoms with Crippen molar-refractivity contribution in [3.63, 3.8) is 0 Å². The zero-order chi connectivity index (χ0) is 16.4. The molecule has 0 bridgehead atoms. The third-order valence-electron chi connectivity index (χ3n) is 4.56. The number of likely N-dealkylation sites (tertiary alicyclic amines) is 1. The van der Waals surface area contributed by atoms with Gasteiger partial charge in [0.05, 0.1) is 24.9 Å². The van der Waals surface area contributed by atoms with Gasteiger partial charge in [0.25, 0.3) is 5.91 Å². The van der Waals surface area contributed by atoms with Gasteiger partial charge < -0.3 is 10.1 Å². The number of hydrogen-bond donors (Lipinski definition) is 1. The molecule has 4 heterocycles. The van der Waals surface area contributed by atoms with E-state index < -0.39 is 0 Å². The minimum absolute atomic E-state index is 0.0272. The van der Waals surface area contributed by atoms with Crippen molar-refractivity contribution in [3.8, 4) is 0 Å². The fourth-order valence-corrected chi connectivity index (χ4v) is 4.17. The molecule has 2 aliphatic rings. The first kappa shape index (κ1) is 15.6. The minimum atomic E-state index is -0.197. The average Bonchev–Trinajstić information content (AvgIpc) is 3.25. The third-order valence-corrected chi connectivity index (χ3v) is 5.33. The maximum atomic E-state index is 12.4. The zero-order valence-electron chi connectivity index (χ0n) is 13.2. The second-order valence-corrected chi connectivity index (χ2v) is 7.05. The summed E-state index contributed by atoms with van der Waals surface area (Å²) in [7, 11) is 0. The van der Waals surface area contributed by atoms with Gasteiger partial charge in [0, 0.05) is 43.2 Å². The summed E-state index contributed by atoms with van der Waals surface area (Å²) in [4.78, 5) is 27.2. The summed E-state index contributed by atoms with van der Waals surface area (Å²) < 4.78 is 5.99. The van der Waals surface area contributed by atoms with E-state index in [2.05, 4.69) is 25.2 Å². The molecule has 2 saturated heterocycles. The van der Waals surface area contributed by atoms with Crippen LogP contribution in [0.2, 0.25) is 0 Å². The van der Waals surface area contributed by atoms with Crippen molar-refractivity contribution in [1.82, 2.24) is 25.2 Å².